The number of hydrogen-bond acceptors (Lipinski definition) is 6. The number of nitrogens with one attached hydrogen (secondary N) is 1. The first-order chi connectivity index (χ1) is 20.4. The summed E-state index contributed by atoms with van der Waals surface area (Å²) in [6.45, 7) is 11.2. The van der Waals surface area contributed by atoms with E-state index < -0.39 is 35.0 Å². The summed E-state index contributed by atoms with van der Waals surface area (Å²) in [6.07, 6.45) is 4.42. The number of aliphatic hydroxyl groups is 1. The number of hydrogen-bond donors (Lipinski definition) is 3. The van der Waals surface area contributed by atoms with Gasteiger partial charge in [0.2, 0.25) is 11.8 Å². The molecule has 1 aromatic heterocycles. The normalized spacial score (nSPS) is 18.3. The number of carbonyl (C=O) groups excluding carboxylic acids is 2. The number of benzene rings is 1. The zero-order valence-corrected chi connectivity index (χ0v) is 26.0. The molecule has 1 unspecified atom stereocenters. The molecule has 0 spiro atoms. The summed E-state index contributed by atoms with van der Waals surface area (Å²) < 4.78 is 34.1. The lowest BCUT2D eigenvalue weighted by atomic mass is 9.63. The van der Waals surface area contributed by atoms with Gasteiger partial charge in [0.1, 0.15) is 11.6 Å². The number of aromatic nitrogens is 1. The van der Waals surface area contributed by atoms with Crippen molar-refractivity contribution in [2.45, 2.75) is 79.4 Å². The number of amides is 2. The van der Waals surface area contributed by atoms with Crippen LogP contribution in [0.5, 0.6) is 0 Å². The van der Waals surface area contributed by atoms with E-state index in [4.69, 9.17) is 10.3 Å². The van der Waals surface area contributed by atoms with E-state index >= 15 is 0 Å². The highest BCUT2D eigenvalue weighted by Crippen LogP contribution is 2.45. The predicted molar refractivity (Wildman–Crippen MR) is 162 cm³/mol. The highest BCUT2D eigenvalue weighted by Gasteiger charge is 2.50. The maximum atomic E-state index is 14.6. The molecule has 2 amide bonds. The topological polar surface area (TPSA) is 122 Å². The molecule has 3 rings (SSSR count). The molecule has 1 aliphatic carbocycles. The number of nitrogens with zero attached hydrogens (tertiary/aromatic N) is 2. The van der Waals surface area contributed by atoms with Gasteiger partial charge in [-0.05, 0) is 62.6 Å². The molecule has 0 radical (unpaired) electrons. The predicted octanol–water partition coefficient (Wildman–Crippen LogP) is 4.86. The van der Waals surface area contributed by atoms with Gasteiger partial charge >= 0.3 is 0 Å². The number of aliphatic hydroxyl groups excluding tert-OH is 1. The Labute approximate surface area is 253 Å². The zero-order chi connectivity index (χ0) is 31.7. The lowest BCUT2D eigenvalue weighted by Crippen LogP contribution is -2.54. The molecule has 1 aliphatic rings. The summed E-state index contributed by atoms with van der Waals surface area (Å²) in [5.41, 5.74) is 6.38. The number of carbonyl (C=O) groups is 2. The summed E-state index contributed by atoms with van der Waals surface area (Å²) in [4.78, 5) is 28.8. The Morgan fingerprint density at radius 2 is 1.77 bits per heavy atom. The summed E-state index contributed by atoms with van der Waals surface area (Å²) in [5.74, 6) is -2.27. The zero-order valence-electron chi connectivity index (χ0n) is 26.0. The summed E-state index contributed by atoms with van der Waals surface area (Å²) in [5, 5.41) is 19.1. The molecule has 0 saturated heterocycles. The van der Waals surface area contributed by atoms with Crippen LogP contribution in [0.3, 0.4) is 0 Å². The average Bonchev–Trinajstić information content (AvgIpc) is 3.36. The van der Waals surface area contributed by atoms with Crippen LogP contribution in [0.2, 0.25) is 0 Å². The van der Waals surface area contributed by atoms with Crippen LogP contribution in [-0.2, 0) is 29.0 Å². The van der Waals surface area contributed by atoms with Crippen molar-refractivity contribution in [3.63, 3.8) is 0 Å². The fourth-order valence-electron chi connectivity index (χ4n) is 6.06. The third kappa shape index (κ3) is 9.06. The standard InChI is InChI=1S/C33H46F2N4O4/c1-6-8-39(9-7-2)32(42)33(17-22(5)11-24(18-33)31(36)41)29(14-23-12-25(34)15-26(35)13-23)30(40)20-37-19-28-16-27(38-43-28)10-21(3)4/h11-13,15-17,21,29-30,37,40H,6-10,14,18-20H2,1-5H3,(H2,36,41)/t29-,30+,33?/m1/s1. The molecule has 10 heteroatoms. The highest BCUT2D eigenvalue weighted by atomic mass is 19.1. The molecule has 0 aliphatic heterocycles. The van der Waals surface area contributed by atoms with Crippen molar-refractivity contribution in [3.8, 4) is 0 Å². The lowest BCUT2D eigenvalue weighted by molar-refractivity contribution is -0.145. The molecule has 0 saturated carbocycles. The number of halogens is 2. The Kier molecular flexibility index (Phi) is 12.2. The lowest BCUT2D eigenvalue weighted by Gasteiger charge is -2.45. The number of nitrogens with two attached hydrogens (primary N) is 1. The van der Waals surface area contributed by atoms with Gasteiger partial charge in [0.15, 0.2) is 5.76 Å². The molecule has 2 aromatic rings. The van der Waals surface area contributed by atoms with Crippen LogP contribution in [-0.4, -0.2) is 52.7 Å². The summed E-state index contributed by atoms with van der Waals surface area (Å²) in [6, 6.07) is 5.06. The molecular formula is C33H46F2N4O4. The Morgan fingerprint density at radius 1 is 1.12 bits per heavy atom. The summed E-state index contributed by atoms with van der Waals surface area (Å²) >= 11 is 0. The maximum Gasteiger partial charge on any atom is 0.244 e. The van der Waals surface area contributed by atoms with Crippen LogP contribution >= 0.6 is 0 Å². The highest BCUT2D eigenvalue weighted by molar-refractivity contribution is 5.96. The molecule has 0 bridgehead atoms. The van der Waals surface area contributed by atoms with Crippen LogP contribution in [0, 0.1) is 28.9 Å². The number of allylic oxidation sites excluding steroid dienone is 2. The van der Waals surface area contributed by atoms with E-state index in [0.29, 0.717) is 48.7 Å². The van der Waals surface area contributed by atoms with E-state index in [1.165, 1.54) is 12.1 Å². The molecule has 3 atom stereocenters. The Bertz CT molecular complexity index is 1300. The van der Waals surface area contributed by atoms with Gasteiger partial charge < -0.3 is 25.6 Å². The fraction of sp³-hybridized carbons (Fsp3) is 0.545. The largest absolute Gasteiger partial charge is 0.391 e. The van der Waals surface area contributed by atoms with Gasteiger partial charge in [0, 0.05) is 43.3 Å². The molecule has 1 aromatic carbocycles. The van der Waals surface area contributed by atoms with Crippen LogP contribution in [0.4, 0.5) is 8.78 Å². The van der Waals surface area contributed by atoms with Crippen molar-refractivity contribution in [3.05, 3.63) is 76.2 Å². The van der Waals surface area contributed by atoms with Crippen LogP contribution in [0.15, 0.2) is 52.1 Å². The van der Waals surface area contributed by atoms with E-state index in [2.05, 4.69) is 24.3 Å². The monoisotopic (exact) mass is 600 g/mol. The van der Waals surface area contributed by atoms with Crippen molar-refractivity contribution >= 4 is 11.8 Å². The fourth-order valence-corrected chi connectivity index (χ4v) is 6.06. The van der Waals surface area contributed by atoms with Gasteiger partial charge in [0.05, 0.1) is 23.8 Å². The third-order valence-electron chi connectivity index (χ3n) is 7.74. The van der Waals surface area contributed by atoms with Gasteiger partial charge in [-0.2, -0.15) is 0 Å². The van der Waals surface area contributed by atoms with Crippen molar-refractivity contribution in [1.82, 2.24) is 15.4 Å². The first-order valence-corrected chi connectivity index (χ1v) is 15.2. The second-order valence-electron chi connectivity index (χ2n) is 12.1. The molecule has 8 nitrogen and oxygen atoms in total. The smallest absolute Gasteiger partial charge is 0.244 e. The third-order valence-corrected chi connectivity index (χ3v) is 7.74. The first kappa shape index (κ1) is 34.1. The summed E-state index contributed by atoms with van der Waals surface area (Å²) in [7, 11) is 0. The molecule has 43 heavy (non-hydrogen) atoms. The van der Waals surface area contributed by atoms with Crippen LogP contribution in [0.25, 0.3) is 0 Å². The molecule has 4 N–H and O–H groups in total. The molecule has 1 heterocycles. The van der Waals surface area contributed by atoms with E-state index in [-0.39, 0.29) is 37.4 Å². The Morgan fingerprint density at radius 3 is 2.35 bits per heavy atom. The molecular weight excluding hydrogens is 554 g/mol. The maximum absolute atomic E-state index is 14.6. The van der Waals surface area contributed by atoms with E-state index in [9.17, 15) is 23.5 Å². The minimum absolute atomic E-state index is 0.0218. The van der Waals surface area contributed by atoms with Crippen molar-refractivity contribution in [2.24, 2.45) is 23.0 Å². The Hall–Kier alpha value is -3.37. The van der Waals surface area contributed by atoms with Crippen LogP contribution < -0.4 is 11.1 Å². The quantitative estimate of drug-likeness (QED) is 0.253. The van der Waals surface area contributed by atoms with E-state index in [1.807, 2.05) is 19.9 Å². The van der Waals surface area contributed by atoms with Crippen molar-refractivity contribution in [1.29, 1.82) is 0 Å². The van der Waals surface area contributed by atoms with Crippen molar-refractivity contribution < 1.29 is 28.0 Å². The second kappa shape index (κ2) is 15.4. The average molecular weight is 601 g/mol. The van der Waals surface area contributed by atoms with Gasteiger partial charge in [-0.15, -0.1) is 0 Å². The second-order valence-corrected chi connectivity index (χ2v) is 12.1. The van der Waals surface area contributed by atoms with Gasteiger partial charge in [-0.3, -0.25) is 9.59 Å². The van der Waals surface area contributed by atoms with E-state index in [1.54, 1.807) is 24.0 Å². The minimum Gasteiger partial charge on any atom is -0.391 e. The van der Waals surface area contributed by atoms with E-state index in [0.717, 1.165) is 18.2 Å². The van der Waals surface area contributed by atoms with Crippen LogP contribution in [0.1, 0.15) is 70.9 Å². The minimum atomic E-state index is -1.39. The number of primary amides is 1. The van der Waals surface area contributed by atoms with Gasteiger partial charge in [-0.1, -0.05) is 50.6 Å². The number of rotatable bonds is 16. The van der Waals surface area contributed by atoms with Gasteiger partial charge in [-0.25, -0.2) is 8.78 Å². The SMILES string of the molecule is CCCN(CCC)C(=O)C1([C@H](Cc2cc(F)cc(F)c2)[C@@H](O)CNCc2cc(CC(C)C)no2)C=C(C)C=C(C(N)=O)C1. The molecule has 236 valence electrons. The molecule has 0 fully saturated rings. The van der Waals surface area contributed by atoms with Gasteiger partial charge in [0.25, 0.3) is 0 Å². The first-order valence-electron chi connectivity index (χ1n) is 15.2. The van der Waals surface area contributed by atoms with Crippen molar-refractivity contribution in [2.75, 3.05) is 19.6 Å². The Balaban J connectivity index is 2.03.